The number of aromatic nitrogens is 1. The van der Waals surface area contributed by atoms with E-state index in [0.717, 1.165) is 11.8 Å². The highest BCUT2D eigenvalue weighted by molar-refractivity contribution is 8.00. The molecule has 0 aliphatic carbocycles. The fourth-order valence-corrected chi connectivity index (χ4v) is 3.57. The van der Waals surface area contributed by atoms with Gasteiger partial charge in [0.1, 0.15) is 39.6 Å². The molecule has 0 radical (unpaired) electrons. The number of nitrogen functional groups attached to an aromatic ring is 1. The molecular formula is C17H11FN4O2S. The minimum Gasteiger partial charge on any atom is -0.465 e. The van der Waals surface area contributed by atoms with E-state index < -0.39 is 11.1 Å². The Morgan fingerprint density at radius 1 is 1.24 bits per heavy atom. The summed E-state index contributed by atoms with van der Waals surface area (Å²) in [7, 11) is 0. The van der Waals surface area contributed by atoms with Crippen LogP contribution >= 0.6 is 11.8 Å². The van der Waals surface area contributed by atoms with E-state index in [4.69, 9.17) is 10.5 Å². The van der Waals surface area contributed by atoms with Gasteiger partial charge < -0.3 is 10.5 Å². The SMILES string of the molecule is N#Cc1c(N)nc(SC2CCOC2=O)c(C#N)c1-c1ccc(F)cc1. The number of cyclic esters (lactones) is 1. The first-order valence-corrected chi connectivity index (χ1v) is 8.16. The van der Waals surface area contributed by atoms with E-state index >= 15 is 0 Å². The molecule has 0 spiro atoms. The zero-order valence-electron chi connectivity index (χ0n) is 12.8. The predicted molar refractivity (Wildman–Crippen MR) is 88.7 cm³/mol. The number of carbonyl (C=O) groups excluding carboxylic acids is 1. The molecule has 1 aromatic heterocycles. The number of hydrogen-bond donors (Lipinski definition) is 1. The molecule has 3 rings (SSSR count). The summed E-state index contributed by atoms with van der Waals surface area (Å²) in [6.45, 7) is 0.314. The van der Waals surface area contributed by atoms with Gasteiger partial charge in [-0.2, -0.15) is 10.5 Å². The number of pyridine rings is 1. The summed E-state index contributed by atoms with van der Waals surface area (Å²) in [6, 6.07) is 9.37. The number of rotatable bonds is 3. The third-order valence-corrected chi connectivity index (χ3v) is 4.92. The van der Waals surface area contributed by atoms with Crippen LogP contribution in [0.5, 0.6) is 0 Å². The van der Waals surface area contributed by atoms with Crippen LogP contribution in [0.25, 0.3) is 11.1 Å². The molecule has 2 aromatic rings. The highest BCUT2D eigenvalue weighted by atomic mass is 32.2. The fourth-order valence-electron chi connectivity index (χ4n) is 2.51. The van der Waals surface area contributed by atoms with E-state index in [1.807, 2.05) is 12.1 Å². The molecule has 8 heteroatoms. The van der Waals surface area contributed by atoms with Crippen molar-refractivity contribution in [2.24, 2.45) is 0 Å². The van der Waals surface area contributed by atoms with Gasteiger partial charge in [-0.25, -0.2) is 9.37 Å². The van der Waals surface area contributed by atoms with Crippen LogP contribution in [0.3, 0.4) is 0 Å². The summed E-state index contributed by atoms with van der Waals surface area (Å²) < 4.78 is 18.1. The van der Waals surface area contributed by atoms with Crippen molar-refractivity contribution in [2.75, 3.05) is 12.3 Å². The highest BCUT2D eigenvalue weighted by Crippen LogP contribution is 2.38. The van der Waals surface area contributed by atoms with Crippen LogP contribution in [-0.4, -0.2) is 22.8 Å². The summed E-state index contributed by atoms with van der Waals surface area (Å²) in [5, 5.41) is 18.8. The van der Waals surface area contributed by atoms with Gasteiger partial charge in [0.2, 0.25) is 0 Å². The van der Waals surface area contributed by atoms with Crippen molar-refractivity contribution >= 4 is 23.5 Å². The molecule has 1 aliphatic rings. The summed E-state index contributed by atoms with van der Waals surface area (Å²) >= 11 is 1.08. The normalized spacial score (nSPS) is 16.1. The second kappa shape index (κ2) is 6.80. The first-order chi connectivity index (χ1) is 12.0. The fraction of sp³-hybridized carbons (Fsp3) is 0.176. The van der Waals surface area contributed by atoms with E-state index in [9.17, 15) is 19.7 Å². The van der Waals surface area contributed by atoms with Crippen molar-refractivity contribution in [1.29, 1.82) is 10.5 Å². The third kappa shape index (κ3) is 3.12. The smallest absolute Gasteiger partial charge is 0.319 e. The number of ether oxygens (including phenoxy) is 1. The lowest BCUT2D eigenvalue weighted by Gasteiger charge is -2.14. The van der Waals surface area contributed by atoms with Crippen LogP contribution in [0.4, 0.5) is 10.2 Å². The molecule has 6 nitrogen and oxygen atoms in total. The zero-order chi connectivity index (χ0) is 18.0. The lowest BCUT2D eigenvalue weighted by atomic mass is 9.97. The summed E-state index contributed by atoms with van der Waals surface area (Å²) in [5.74, 6) is -0.859. The van der Waals surface area contributed by atoms with E-state index in [2.05, 4.69) is 4.98 Å². The van der Waals surface area contributed by atoms with Gasteiger partial charge in [0, 0.05) is 12.0 Å². The molecule has 0 bridgehead atoms. The lowest BCUT2D eigenvalue weighted by Crippen LogP contribution is -2.11. The first kappa shape index (κ1) is 16.7. The second-order valence-corrected chi connectivity index (χ2v) is 6.41. The van der Waals surface area contributed by atoms with E-state index in [0.29, 0.717) is 18.6 Å². The molecular weight excluding hydrogens is 343 g/mol. The molecule has 2 heterocycles. The molecule has 25 heavy (non-hydrogen) atoms. The van der Waals surface area contributed by atoms with Crippen LogP contribution in [0.1, 0.15) is 17.5 Å². The standard InChI is InChI=1S/C17H11FN4O2S/c18-10-3-1-9(2-4-10)14-11(7-19)15(21)22-16(12(14)8-20)25-13-5-6-24-17(13)23/h1-4,13H,5-6H2,(H2,21,22). The summed E-state index contributed by atoms with van der Waals surface area (Å²) in [5.41, 5.74) is 6.81. The Hall–Kier alpha value is -3.10. The van der Waals surface area contributed by atoms with Crippen LogP contribution in [0, 0.1) is 28.5 Å². The van der Waals surface area contributed by atoms with Crippen molar-refractivity contribution < 1.29 is 13.9 Å². The lowest BCUT2D eigenvalue weighted by molar-refractivity contribution is -0.137. The molecule has 1 atom stereocenters. The van der Waals surface area contributed by atoms with Crippen molar-refractivity contribution in [3.63, 3.8) is 0 Å². The largest absolute Gasteiger partial charge is 0.465 e. The third-order valence-electron chi connectivity index (χ3n) is 3.69. The Balaban J connectivity index is 2.18. The number of anilines is 1. The number of carbonyl (C=O) groups is 1. The predicted octanol–water partition coefficient (Wildman–Crippen LogP) is 2.62. The number of halogens is 1. The van der Waals surface area contributed by atoms with Gasteiger partial charge in [-0.3, -0.25) is 4.79 Å². The van der Waals surface area contributed by atoms with Gasteiger partial charge in [-0.05, 0) is 17.7 Å². The van der Waals surface area contributed by atoms with Gasteiger partial charge in [0.15, 0.2) is 0 Å². The molecule has 124 valence electrons. The van der Waals surface area contributed by atoms with Crippen molar-refractivity contribution in [3.05, 3.63) is 41.2 Å². The highest BCUT2D eigenvalue weighted by Gasteiger charge is 2.30. The maximum Gasteiger partial charge on any atom is 0.319 e. The Morgan fingerprint density at radius 3 is 2.48 bits per heavy atom. The molecule has 0 saturated carbocycles. The Bertz CT molecular complexity index is 932. The Labute approximate surface area is 147 Å². The monoisotopic (exact) mass is 354 g/mol. The maximum atomic E-state index is 13.2. The number of benzene rings is 1. The summed E-state index contributed by atoms with van der Waals surface area (Å²) in [6.07, 6.45) is 0.502. The van der Waals surface area contributed by atoms with Crippen LogP contribution in [0.15, 0.2) is 29.3 Å². The van der Waals surface area contributed by atoms with E-state index in [-0.39, 0.29) is 33.5 Å². The average Bonchev–Trinajstić information content (AvgIpc) is 3.00. The molecule has 0 amide bonds. The number of nitrogens with zero attached hydrogens (tertiary/aromatic N) is 3. The van der Waals surface area contributed by atoms with E-state index in [1.165, 1.54) is 24.3 Å². The van der Waals surface area contributed by atoms with Crippen LogP contribution in [0.2, 0.25) is 0 Å². The first-order valence-electron chi connectivity index (χ1n) is 7.28. The van der Waals surface area contributed by atoms with Gasteiger partial charge in [-0.15, -0.1) is 0 Å². The minimum atomic E-state index is -0.479. The van der Waals surface area contributed by atoms with Crippen molar-refractivity contribution in [2.45, 2.75) is 16.7 Å². The quantitative estimate of drug-likeness (QED) is 0.843. The van der Waals surface area contributed by atoms with Gasteiger partial charge in [0.25, 0.3) is 0 Å². The van der Waals surface area contributed by atoms with Crippen molar-refractivity contribution in [1.82, 2.24) is 4.98 Å². The topological polar surface area (TPSA) is 113 Å². The molecule has 1 fully saturated rings. The van der Waals surface area contributed by atoms with Gasteiger partial charge in [-0.1, -0.05) is 23.9 Å². The van der Waals surface area contributed by atoms with Crippen LogP contribution < -0.4 is 5.73 Å². The zero-order valence-corrected chi connectivity index (χ0v) is 13.6. The second-order valence-electron chi connectivity index (χ2n) is 5.22. The molecule has 2 N–H and O–H groups in total. The molecule has 1 aromatic carbocycles. The van der Waals surface area contributed by atoms with E-state index in [1.54, 1.807) is 0 Å². The molecule has 1 saturated heterocycles. The van der Waals surface area contributed by atoms with Crippen molar-refractivity contribution in [3.8, 4) is 23.3 Å². The maximum absolute atomic E-state index is 13.2. The number of thioether (sulfide) groups is 1. The Kier molecular flexibility index (Phi) is 4.55. The Morgan fingerprint density at radius 2 is 1.92 bits per heavy atom. The van der Waals surface area contributed by atoms with Crippen LogP contribution in [-0.2, 0) is 9.53 Å². The number of esters is 1. The average molecular weight is 354 g/mol. The minimum absolute atomic E-state index is 0.0431. The molecule has 1 aliphatic heterocycles. The number of nitrogens with two attached hydrogens (primary N) is 1. The molecule has 1 unspecified atom stereocenters. The number of hydrogen-bond acceptors (Lipinski definition) is 7. The van der Waals surface area contributed by atoms with Gasteiger partial charge in [0.05, 0.1) is 12.2 Å². The van der Waals surface area contributed by atoms with Gasteiger partial charge >= 0.3 is 5.97 Å². The number of nitriles is 2. The summed E-state index contributed by atoms with van der Waals surface area (Å²) in [4.78, 5) is 15.8.